The zero-order valence-corrected chi connectivity index (χ0v) is 13.5. The topological polar surface area (TPSA) is 78.4 Å². The molecule has 3 N–H and O–H groups in total. The molecule has 21 heavy (non-hydrogen) atoms. The third-order valence-electron chi connectivity index (χ3n) is 2.80. The summed E-state index contributed by atoms with van der Waals surface area (Å²) < 4.78 is 0.589. The second-order valence-corrected chi connectivity index (χ2v) is 6.08. The Bertz CT molecular complexity index is 685. The summed E-state index contributed by atoms with van der Waals surface area (Å²) in [5.41, 5.74) is 2.72. The van der Waals surface area contributed by atoms with Gasteiger partial charge in [-0.05, 0) is 47.0 Å². The number of aryl methyl sites for hydroxylation is 1. The van der Waals surface area contributed by atoms with E-state index in [1.165, 1.54) is 12.1 Å². The molecule has 0 bridgehead atoms. The Balaban J connectivity index is 1.99. The summed E-state index contributed by atoms with van der Waals surface area (Å²) in [7, 11) is 0. The molecule has 5 nitrogen and oxygen atoms in total. The van der Waals surface area contributed by atoms with Gasteiger partial charge in [-0.15, -0.1) is 0 Å². The molecule has 0 spiro atoms. The summed E-state index contributed by atoms with van der Waals surface area (Å²) in [6.45, 7) is 2.42. The third kappa shape index (κ3) is 4.30. The van der Waals surface area contributed by atoms with Gasteiger partial charge in [0, 0.05) is 16.7 Å². The molecular weight excluding hydrogens is 356 g/mol. The van der Waals surface area contributed by atoms with E-state index in [-0.39, 0.29) is 11.6 Å². The first-order valence-corrected chi connectivity index (χ1v) is 7.79. The largest absolute Gasteiger partial charge is 0.478 e. The Morgan fingerprint density at radius 2 is 2.05 bits per heavy atom. The van der Waals surface area contributed by atoms with E-state index in [0.717, 1.165) is 11.1 Å². The number of carbonyl (C=O) groups is 2. The van der Waals surface area contributed by atoms with Crippen molar-refractivity contribution in [1.82, 2.24) is 5.32 Å². The van der Waals surface area contributed by atoms with Crippen LogP contribution in [0.1, 0.15) is 21.5 Å². The lowest BCUT2D eigenvalue weighted by Gasteiger charge is -2.09. The molecule has 7 heteroatoms. The SMILES string of the molecule is Cc1cscc1CNC(=O)Nc1cc(Br)cc(C(=O)O)c1. The van der Waals surface area contributed by atoms with Gasteiger partial charge in [-0.25, -0.2) is 9.59 Å². The maximum Gasteiger partial charge on any atom is 0.335 e. The average Bonchev–Trinajstić information content (AvgIpc) is 2.81. The second kappa shape index (κ2) is 6.73. The lowest BCUT2D eigenvalue weighted by molar-refractivity contribution is 0.0697. The van der Waals surface area contributed by atoms with Crippen LogP contribution in [0, 0.1) is 6.92 Å². The smallest absolute Gasteiger partial charge is 0.335 e. The Hall–Kier alpha value is -1.86. The van der Waals surface area contributed by atoms with E-state index in [4.69, 9.17) is 5.11 Å². The van der Waals surface area contributed by atoms with Crippen molar-refractivity contribution in [3.63, 3.8) is 0 Å². The van der Waals surface area contributed by atoms with Gasteiger partial charge in [-0.2, -0.15) is 11.3 Å². The van der Waals surface area contributed by atoms with E-state index in [2.05, 4.69) is 26.6 Å². The highest BCUT2D eigenvalue weighted by Gasteiger charge is 2.09. The minimum atomic E-state index is -1.05. The van der Waals surface area contributed by atoms with E-state index in [1.807, 2.05) is 17.7 Å². The number of rotatable bonds is 4. The van der Waals surface area contributed by atoms with E-state index < -0.39 is 5.97 Å². The number of benzene rings is 1. The second-order valence-electron chi connectivity index (χ2n) is 4.42. The summed E-state index contributed by atoms with van der Waals surface area (Å²) in [6.07, 6.45) is 0. The number of halogens is 1. The van der Waals surface area contributed by atoms with Crippen molar-refractivity contribution in [3.05, 3.63) is 50.1 Å². The van der Waals surface area contributed by atoms with Crippen molar-refractivity contribution >= 4 is 45.0 Å². The molecule has 1 aromatic carbocycles. The molecule has 0 atom stereocenters. The number of urea groups is 1. The fourth-order valence-corrected chi connectivity index (χ4v) is 3.05. The number of hydrogen-bond donors (Lipinski definition) is 3. The molecule has 110 valence electrons. The number of hydrogen-bond acceptors (Lipinski definition) is 3. The lowest BCUT2D eigenvalue weighted by Crippen LogP contribution is -2.28. The van der Waals surface area contributed by atoms with Crippen LogP contribution in [0.2, 0.25) is 0 Å². The molecule has 0 aliphatic rings. The molecular formula is C14H13BrN2O3S. The number of amides is 2. The predicted octanol–water partition coefficient (Wildman–Crippen LogP) is 3.84. The van der Waals surface area contributed by atoms with Crippen LogP contribution in [0.15, 0.2) is 33.4 Å². The lowest BCUT2D eigenvalue weighted by atomic mass is 10.2. The van der Waals surface area contributed by atoms with Crippen molar-refractivity contribution in [2.24, 2.45) is 0 Å². The van der Waals surface area contributed by atoms with Gasteiger partial charge in [0.25, 0.3) is 0 Å². The Morgan fingerprint density at radius 3 is 2.67 bits per heavy atom. The summed E-state index contributed by atoms with van der Waals surface area (Å²) in [5, 5.41) is 18.3. The first-order valence-electron chi connectivity index (χ1n) is 6.06. The Morgan fingerprint density at radius 1 is 1.29 bits per heavy atom. The molecule has 0 aliphatic carbocycles. The summed E-state index contributed by atoms with van der Waals surface area (Å²) in [5.74, 6) is -1.05. The van der Waals surface area contributed by atoms with Crippen LogP contribution in [0.25, 0.3) is 0 Å². The van der Waals surface area contributed by atoms with Crippen LogP contribution in [-0.4, -0.2) is 17.1 Å². The highest BCUT2D eigenvalue weighted by Crippen LogP contribution is 2.20. The van der Waals surface area contributed by atoms with Gasteiger partial charge < -0.3 is 15.7 Å². The average molecular weight is 369 g/mol. The van der Waals surface area contributed by atoms with Crippen LogP contribution < -0.4 is 10.6 Å². The van der Waals surface area contributed by atoms with E-state index >= 15 is 0 Å². The maximum atomic E-state index is 11.8. The van der Waals surface area contributed by atoms with Gasteiger partial charge in [-0.3, -0.25) is 0 Å². The third-order valence-corrected chi connectivity index (χ3v) is 4.17. The number of carboxylic acid groups (broad SMARTS) is 1. The normalized spacial score (nSPS) is 10.2. The number of anilines is 1. The van der Waals surface area contributed by atoms with Gasteiger partial charge in [0.2, 0.25) is 0 Å². The quantitative estimate of drug-likeness (QED) is 0.766. The number of nitrogens with one attached hydrogen (secondary N) is 2. The summed E-state index contributed by atoms with van der Waals surface area (Å²) >= 11 is 4.80. The van der Waals surface area contributed by atoms with E-state index in [0.29, 0.717) is 16.7 Å². The molecule has 2 amide bonds. The molecule has 2 aromatic rings. The van der Waals surface area contributed by atoms with Gasteiger partial charge in [0.15, 0.2) is 0 Å². The van der Waals surface area contributed by atoms with Crippen LogP contribution >= 0.6 is 27.3 Å². The molecule has 0 saturated heterocycles. The molecule has 0 aliphatic heterocycles. The van der Waals surface area contributed by atoms with Crippen molar-refractivity contribution in [2.45, 2.75) is 13.5 Å². The maximum absolute atomic E-state index is 11.8. The minimum Gasteiger partial charge on any atom is -0.478 e. The molecule has 0 saturated carbocycles. The molecule has 0 radical (unpaired) electrons. The standard InChI is InChI=1S/C14H13BrN2O3S/c1-8-6-21-7-10(8)5-16-14(20)17-12-3-9(13(18)19)2-11(15)4-12/h2-4,6-7H,5H2,1H3,(H,18,19)(H2,16,17,20). The zero-order chi connectivity index (χ0) is 15.4. The molecule has 1 heterocycles. The Kier molecular flexibility index (Phi) is 4.98. The van der Waals surface area contributed by atoms with Crippen LogP contribution in [0.4, 0.5) is 10.5 Å². The van der Waals surface area contributed by atoms with Crippen LogP contribution in [-0.2, 0) is 6.54 Å². The number of carbonyl (C=O) groups excluding carboxylic acids is 1. The van der Waals surface area contributed by atoms with Crippen molar-refractivity contribution in [1.29, 1.82) is 0 Å². The summed E-state index contributed by atoms with van der Waals surface area (Å²) in [4.78, 5) is 22.8. The van der Waals surface area contributed by atoms with E-state index in [9.17, 15) is 9.59 Å². The molecule has 2 rings (SSSR count). The van der Waals surface area contributed by atoms with Crippen LogP contribution in [0.3, 0.4) is 0 Å². The number of aromatic carboxylic acids is 1. The first kappa shape index (κ1) is 15.5. The number of carboxylic acids is 1. The van der Waals surface area contributed by atoms with Gasteiger partial charge in [-0.1, -0.05) is 15.9 Å². The monoisotopic (exact) mass is 368 g/mol. The van der Waals surface area contributed by atoms with Crippen molar-refractivity contribution < 1.29 is 14.7 Å². The van der Waals surface area contributed by atoms with Crippen molar-refractivity contribution in [3.8, 4) is 0 Å². The number of thiophene rings is 1. The predicted molar refractivity (Wildman–Crippen MR) is 86.0 cm³/mol. The zero-order valence-electron chi connectivity index (χ0n) is 11.1. The van der Waals surface area contributed by atoms with Gasteiger partial charge >= 0.3 is 12.0 Å². The van der Waals surface area contributed by atoms with E-state index in [1.54, 1.807) is 17.4 Å². The Labute approximate surface area is 134 Å². The summed E-state index contributed by atoms with van der Waals surface area (Å²) in [6, 6.07) is 4.14. The molecule has 0 unspecified atom stereocenters. The fraction of sp³-hybridized carbons (Fsp3) is 0.143. The molecule has 1 aromatic heterocycles. The van der Waals surface area contributed by atoms with Gasteiger partial charge in [0.1, 0.15) is 0 Å². The fourth-order valence-electron chi connectivity index (χ4n) is 1.70. The van der Waals surface area contributed by atoms with Crippen molar-refractivity contribution in [2.75, 3.05) is 5.32 Å². The molecule has 0 fully saturated rings. The van der Waals surface area contributed by atoms with Crippen LogP contribution in [0.5, 0.6) is 0 Å². The first-order chi connectivity index (χ1) is 9.95. The highest BCUT2D eigenvalue weighted by atomic mass is 79.9. The highest BCUT2D eigenvalue weighted by molar-refractivity contribution is 9.10. The van der Waals surface area contributed by atoms with Gasteiger partial charge in [0.05, 0.1) is 5.56 Å². The minimum absolute atomic E-state index is 0.105.